The van der Waals surface area contributed by atoms with Crippen LogP contribution in [0.5, 0.6) is 0 Å². The van der Waals surface area contributed by atoms with E-state index in [1.54, 1.807) is 13.8 Å². The van der Waals surface area contributed by atoms with Crippen LogP contribution in [0.25, 0.3) is 0 Å². The van der Waals surface area contributed by atoms with Gasteiger partial charge in [-0.2, -0.15) is 0 Å². The van der Waals surface area contributed by atoms with Crippen LogP contribution in [-0.2, 0) is 21.1 Å². The van der Waals surface area contributed by atoms with E-state index in [-0.39, 0.29) is 12.2 Å². The lowest BCUT2D eigenvalue weighted by Crippen LogP contribution is -2.24. The monoisotopic (exact) mass is 298 g/mol. The topological polar surface area (TPSA) is 71.4 Å². The summed E-state index contributed by atoms with van der Waals surface area (Å²) in [5, 5.41) is 8.77. The predicted octanol–water partition coefficient (Wildman–Crippen LogP) is 2.45. The van der Waals surface area contributed by atoms with Crippen LogP contribution in [0.15, 0.2) is 24.3 Å². The van der Waals surface area contributed by atoms with Crippen LogP contribution in [-0.4, -0.2) is 30.5 Å². The number of hydrogen-bond acceptors (Lipinski definition) is 3. The smallest absolute Gasteiger partial charge is 0.306 e. The van der Waals surface area contributed by atoms with Crippen molar-refractivity contribution < 1.29 is 18.3 Å². The van der Waals surface area contributed by atoms with Crippen LogP contribution >= 0.6 is 0 Å². The average molecular weight is 298 g/mol. The normalized spacial score (nSPS) is 13.4. The van der Waals surface area contributed by atoms with Crippen LogP contribution in [0.3, 0.4) is 0 Å². The molecule has 0 aromatic heterocycles. The number of rotatable bonds is 7. The molecule has 0 radical (unpaired) electrons. The number of carboxylic acids is 1. The quantitative estimate of drug-likeness (QED) is 0.839. The molecule has 0 bridgehead atoms. The zero-order valence-corrected chi connectivity index (χ0v) is 13.0. The van der Waals surface area contributed by atoms with Crippen LogP contribution in [0.1, 0.15) is 31.4 Å². The molecule has 0 spiro atoms. The van der Waals surface area contributed by atoms with E-state index in [0.29, 0.717) is 6.42 Å². The molecule has 0 fully saturated rings. The lowest BCUT2D eigenvalue weighted by molar-refractivity contribution is -0.141. The fourth-order valence-electron chi connectivity index (χ4n) is 1.86. The van der Waals surface area contributed by atoms with E-state index in [2.05, 4.69) is 0 Å². The Bertz CT molecular complexity index is 544. The summed E-state index contributed by atoms with van der Waals surface area (Å²) in [6.45, 7) is 5.20. The van der Waals surface area contributed by atoms with Gasteiger partial charge in [0.05, 0.1) is 16.9 Å². The Morgan fingerprint density at radius 1 is 1.20 bits per heavy atom. The van der Waals surface area contributed by atoms with E-state index in [0.717, 1.165) is 11.1 Å². The molecule has 4 nitrogen and oxygen atoms in total. The molecular formula is C15H22O4S. The SMILES string of the molecule is Cc1ccc(CC(CCS(=O)(=O)C(C)C)C(=O)O)cc1. The number of carboxylic acid groups (broad SMARTS) is 1. The molecular weight excluding hydrogens is 276 g/mol. The molecule has 0 aliphatic rings. The third kappa shape index (κ3) is 4.96. The minimum atomic E-state index is -3.19. The van der Waals surface area contributed by atoms with Crippen molar-refractivity contribution in [3.05, 3.63) is 35.4 Å². The number of aryl methyl sites for hydroxylation is 1. The van der Waals surface area contributed by atoms with Crippen molar-refractivity contribution in [2.75, 3.05) is 5.75 Å². The van der Waals surface area contributed by atoms with E-state index in [9.17, 15) is 18.3 Å². The highest BCUT2D eigenvalue weighted by atomic mass is 32.2. The van der Waals surface area contributed by atoms with Crippen molar-refractivity contribution in [2.45, 2.75) is 38.9 Å². The van der Waals surface area contributed by atoms with Gasteiger partial charge in [-0.1, -0.05) is 29.8 Å². The summed E-state index contributed by atoms with van der Waals surface area (Å²) in [4.78, 5) is 11.3. The summed E-state index contributed by atoms with van der Waals surface area (Å²) in [6, 6.07) is 7.64. The van der Waals surface area contributed by atoms with Gasteiger partial charge in [-0.05, 0) is 39.2 Å². The molecule has 1 unspecified atom stereocenters. The van der Waals surface area contributed by atoms with Gasteiger partial charge >= 0.3 is 5.97 Å². The average Bonchev–Trinajstić information content (AvgIpc) is 2.36. The van der Waals surface area contributed by atoms with Crippen molar-refractivity contribution in [1.82, 2.24) is 0 Å². The Morgan fingerprint density at radius 2 is 1.75 bits per heavy atom. The second-order valence-corrected chi connectivity index (χ2v) is 8.11. The Morgan fingerprint density at radius 3 is 2.20 bits per heavy atom. The van der Waals surface area contributed by atoms with Crippen molar-refractivity contribution in [3.63, 3.8) is 0 Å². The summed E-state index contributed by atoms with van der Waals surface area (Å²) in [5.74, 6) is -1.68. The second kappa shape index (κ2) is 6.88. The van der Waals surface area contributed by atoms with Gasteiger partial charge in [0.2, 0.25) is 0 Å². The fourth-order valence-corrected chi connectivity index (χ4v) is 2.95. The summed E-state index contributed by atoms with van der Waals surface area (Å²) in [6.07, 6.45) is 0.521. The van der Waals surface area contributed by atoms with E-state index >= 15 is 0 Å². The number of benzene rings is 1. The Hall–Kier alpha value is -1.36. The Labute approximate surface area is 120 Å². The molecule has 1 aromatic rings. The molecule has 1 N–H and O–H groups in total. The minimum absolute atomic E-state index is 0.0759. The van der Waals surface area contributed by atoms with Gasteiger partial charge in [0, 0.05) is 0 Å². The second-order valence-electron chi connectivity index (χ2n) is 5.43. The van der Waals surface area contributed by atoms with Gasteiger partial charge in [-0.25, -0.2) is 8.42 Å². The lowest BCUT2D eigenvalue weighted by Gasteiger charge is -2.14. The number of carbonyl (C=O) groups is 1. The number of sulfone groups is 1. The molecule has 0 saturated carbocycles. The van der Waals surface area contributed by atoms with Crippen molar-refractivity contribution in [1.29, 1.82) is 0 Å². The summed E-state index contributed by atoms with van der Waals surface area (Å²) >= 11 is 0. The zero-order valence-electron chi connectivity index (χ0n) is 12.2. The molecule has 0 heterocycles. The van der Waals surface area contributed by atoms with E-state index in [1.807, 2.05) is 31.2 Å². The Kier molecular flexibility index (Phi) is 5.74. The molecule has 20 heavy (non-hydrogen) atoms. The van der Waals surface area contributed by atoms with Gasteiger partial charge < -0.3 is 5.11 Å². The molecule has 1 rings (SSSR count). The number of hydrogen-bond donors (Lipinski definition) is 1. The first-order valence-corrected chi connectivity index (χ1v) is 8.44. The van der Waals surface area contributed by atoms with Crippen molar-refractivity contribution >= 4 is 15.8 Å². The third-order valence-corrected chi connectivity index (χ3v) is 5.66. The zero-order chi connectivity index (χ0) is 15.3. The minimum Gasteiger partial charge on any atom is -0.481 e. The van der Waals surface area contributed by atoms with Crippen LogP contribution in [0.4, 0.5) is 0 Å². The van der Waals surface area contributed by atoms with E-state index < -0.39 is 27.0 Å². The van der Waals surface area contributed by atoms with Crippen LogP contribution in [0.2, 0.25) is 0 Å². The van der Waals surface area contributed by atoms with Gasteiger partial charge in [0.15, 0.2) is 9.84 Å². The summed E-state index contributed by atoms with van der Waals surface area (Å²) < 4.78 is 23.5. The van der Waals surface area contributed by atoms with Gasteiger partial charge in [0.1, 0.15) is 0 Å². The maximum atomic E-state index is 11.8. The van der Waals surface area contributed by atoms with Crippen molar-refractivity contribution in [3.8, 4) is 0 Å². The van der Waals surface area contributed by atoms with Gasteiger partial charge in [-0.15, -0.1) is 0 Å². The lowest BCUT2D eigenvalue weighted by atomic mass is 9.96. The first kappa shape index (κ1) is 16.7. The Balaban J connectivity index is 2.71. The fraction of sp³-hybridized carbons (Fsp3) is 0.533. The highest BCUT2D eigenvalue weighted by Crippen LogP contribution is 2.16. The molecule has 0 aliphatic carbocycles. The van der Waals surface area contributed by atoms with Crippen molar-refractivity contribution in [2.24, 2.45) is 5.92 Å². The predicted molar refractivity (Wildman–Crippen MR) is 79.5 cm³/mol. The molecule has 1 atom stereocenters. The van der Waals surface area contributed by atoms with E-state index in [4.69, 9.17) is 0 Å². The molecule has 1 aromatic carbocycles. The molecule has 0 amide bonds. The highest BCUT2D eigenvalue weighted by Gasteiger charge is 2.23. The summed E-state index contributed by atoms with van der Waals surface area (Å²) in [5.41, 5.74) is 2.04. The largest absolute Gasteiger partial charge is 0.481 e. The molecule has 5 heteroatoms. The molecule has 112 valence electrons. The number of aliphatic carboxylic acids is 1. The maximum absolute atomic E-state index is 11.8. The van der Waals surface area contributed by atoms with Crippen LogP contribution in [0, 0.1) is 12.8 Å². The summed E-state index contributed by atoms with van der Waals surface area (Å²) in [7, 11) is -3.19. The standard InChI is InChI=1S/C15H22O4S/c1-11(2)20(18,19)9-8-14(15(16)17)10-13-6-4-12(3)5-7-13/h4-7,11,14H,8-10H2,1-3H3,(H,16,17). The third-order valence-electron chi connectivity index (χ3n) is 3.42. The maximum Gasteiger partial charge on any atom is 0.306 e. The molecule has 0 saturated heterocycles. The highest BCUT2D eigenvalue weighted by molar-refractivity contribution is 7.91. The van der Waals surface area contributed by atoms with E-state index in [1.165, 1.54) is 0 Å². The molecule has 0 aliphatic heterocycles. The van der Waals surface area contributed by atoms with Crippen LogP contribution < -0.4 is 0 Å². The first-order valence-electron chi connectivity index (χ1n) is 6.72. The van der Waals surface area contributed by atoms with Gasteiger partial charge in [-0.3, -0.25) is 4.79 Å². The first-order chi connectivity index (χ1) is 9.22. The van der Waals surface area contributed by atoms with Gasteiger partial charge in [0.25, 0.3) is 0 Å².